The molecule has 0 atom stereocenters. The summed E-state index contributed by atoms with van der Waals surface area (Å²) in [5, 5.41) is 3.32. The number of hydrogen-bond donors (Lipinski definition) is 1. The summed E-state index contributed by atoms with van der Waals surface area (Å²) in [4.78, 5) is 11.1. The summed E-state index contributed by atoms with van der Waals surface area (Å²) in [5.41, 5.74) is 1.94. The predicted octanol–water partition coefficient (Wildman–Crippen LogP) is 2.25. The average molecular weight is 330 g/mol. The van der Waals surface area contributed by atoms with Gasteiger partial charge in [0, 0.05) is 0 Å². The number of allylic oxidation sites excluding steroid dienone is 2. The SMILES string of the molecule is CC(=O)/C=C(/C)Nc1ccccc1[Se]c1ccccc1. The van der Waals surface area contributed by atoms with Crippen LogP contribution in [-0.4, -0.2) is 20.7 Å². The standard InChI is InChI=1S/C17H17NOSe/c1-13(12-14(2)19)18-16-10-6-7-11-17(16)20-15-8-4-3-5-9-15/h3-12,18H,1-2H3/b13-12-. The molecular weight excluding hydrogens is 313 g/mol. The molecule has 2 aromatic rings. The van der Waals surface area contributed by atoms with Gasteiger partial charge in [-0.1, -0.05) is 0 Å². The van der Waals surface area contributed by atoms with Crippen LogP contribution in [0.1, 0.15) is 13.8 Å². The third-order valence-electron chi connectivity index (χ3n) is 2.61. The molecule has 20 heavy (non-hydrogen) atoms. The molecule has 0 aliphatic rings. The van der Waals surface area contributed by atoms with E-state index in [-0.39, 0.29) is 20.7 Å². The molecule has 0 unspecified atom stereocenters. The molecular formula is C17H17NOSe. The number of carbonyl (C=O) groups excluding carboxylic acids is 1. The van der Waals surface area contributed by atoms with Crippen molar-refractivity contribution in [1.82, 2.24) is 0 Å². The van der Waals surface area contributed by atoms with Gasteiger partial charge in [-0.3, -0.25) is 0 Å². The molecule has 0 bridgehead atoms. The molecule has 0 fully saturated rings. The van der Waals surface area contributed by atoms with Gasteiger partial charge in [-0.2, -0.15) is 0 Å². The fourth-order valence-corrected chi connectivity index (χ4v) is 3.76. The Kier molecular flexibility index (Phi) is 5.16. The Balaban J connectivity index is 2.20. The topological polar surface area (TPSA) is 29.1 Å². The first kappa shape index (κ1) is 14.6. The van der Waals surface area contributed by atoms with Crippen LogP contribution < -0.4 is 14.2 Å². The molecule has 0 aliphatic carbocycles. The molecule has 0 aliphatic heterocycles. The van der Waals surface area contributed by atoms with E-state index < -0.39 is 0 Å². The van der Waals surface area contributed by atoms with Crippen molar-refractivity contribution in [1.29, 1.82) is 0 Å². The summed E-state index contributed by atoms with van der Waals surface area (Å²) in [6.07, 6.45) is 1.62. The number of benzene rings is 2. The fourth-order valence-electron chi connectivity index (χ4n) is 1.83. The predicted molar refractivity (Wildman–Crippen MR) is 86.0 cm³/mol. The zero-order valence-electron chi connectivity index (χ0n) is 11.6. The molecule has 0 aromatic heterocycles. The van der Waals surface area contributed by atoms with E-state index in [9.17, 15) is 4.79 Å². The van der Waals surface area contributed by atoms with Gasteiger partial charge in [0.15, 0.2) is 0 Å². The third-order valence-corrected chi connectivity index (χ3v) is 4.88. The van der Waals surface area contributed by atoms with E-state index in [4.69, 9.17) is 0 Å². The van der Waals surface area contributed by atoms with Crippen LogP contribution in [0.2, 0.25) is 0 Å². The fraction of sp³-hybridized carbons (Fsp3) is 0.118. The summed E-state index contributed by atoms with van der Waals surface area (Å²) in [5.74, 6) is 0.0565. The number of carbonyl (C=O) groups is 1. The van der Waals surface area contributed by atoms with Crippen LogP contribution in [0.15, 0.2) is 66.4 Å². The van der Waals surface area contributed by atoms with E-state index in [0.717, 1.165) is 11.4 Å². The number of hydrogen-bond acceptors (Lipinski definition) is 2. The summed E-state index contributed by atoms with van der Waals surface area (Å²) in [6.45, 7) is 3.47. The van der Waals surface area contributed by atoms with Crippen molar-refractivity contribution in [3.8, 4) is 0 Å². The van der Waals surface area contributed by atoms with E-state index >= 15 is 0 Å². The Hall–Kier alpha value is -1.83. The van der Waals surface area contributed by atoms with Crippen molar-refractivity contribution in [2.24, 2.45) is 0 Å². The number of ketones is 1. The Labute approximate surface area is 126 Å². The third kappa shape index (κ3) is 4.37. The molecule has 0 radical (unpaired) electrons. The Bertz CT molecular complexity index is 620. The Morgan fingerprint density at radius 2 is 1.65 bits per heavy atom. The normalized spacial score (nSPS) is 11.2. The van der Waals surface area contributed by atoms with Crippen molar-refractivity contribution in [3.05, 3.63) is 66.4 Å². The van der Waals surface area contributed by atoms with Crippen LogP contribution >= 0.6 is 0 Å². The van der Waals surface area contributed by atoms with Crippen molar-refractivity contribution in [3.63, 3.8) is 0 Å². The van der Waals surface area contributed by atoms with E-state index in [1.807, 2.05) is 19.1 Å². The molecule has 0 spiro atoms. The molecule has 0 saturated heterocycles. The Morgan fingerprint density at radius 1 is 1.00 bits per heavy atom. The van der Waals surface area contributed by atoms with Gasteiger partial charge in [0.2, 0.25) is 0 Å². The maximum absolute atomic E-state index is 11.1. The second-order valence-corrected chi connectivity index (χ2v) is 6.81. The number of para-hydroxylation sites is 1. The van der Waals surface area contributed by atoms with Gasteiger partial charge in [-0.05, 0) is 0 Å². The number of anilines is 1. The second kappa shape index (κ2) is 7.09. The second-order valence-electron chi connectivity index (χ2n) is 4.47. The number of nitrogens with one attached hydrogen (secondary N) is 1. The number of rotatable bonds is 5. The molecule has 0 amide bonds. The minimum absolute atomic E-state index is 0.0565. The van der Waals surface area contributed by atoms with Gasteiger partial charge in [-0.25, -0.2) is 0 Å². The average Bonchev–Trinajstić information content (AvgIpc) is 2.41. The first-order valence-corrected chi connectivity index (χ1v) is 8.14. The molecule has 2 nitrogen and oxygen atoms in total. The van der Waals surface area contributed by atoms with Crippen LogP contribution in [0, 0.1) is 0 Å². The van der Waals surface area contributed by atoms with Gasteiger partial charge >= 0.3 is 126 Å². The van der Waals surface area contributed by atoms with Crippen LogP contribution in [0.4, 0.5) is 5.69 Å². The first-order chi connectivity index (χ1) is 9.65. The molecule has 1 N–H and O–H groups in total. The van der Waals surface area contributed by atoms with Crippen LogP contribution in [0.25, 0.3) is 0 Å². The van der Waals surface area contributed by atoms with E-state index in [1.165, 1.54) is 8.92 Å². The molecule has 0 saturated carbocycles. The summed E-state index contributed by atoms with van der Waals surface area (Å²) in [6, 6.07) is 18.7. The molecule has 3 heteroatoms. The summed E-state index contributed by atoms with van der Waals surface area (Å²) >= 11 is 0.251. The monoisotopic (exact) mass is 331 g/mol. The van der Waals surface area contributed by atoms with Crippen molar-refractivity contribution in [2.75, 3.05) is 5.32 Å². The molecule has 2 rings (SSSR count). The van der Waals surface area contributed by atoms with E-state index in [0.29, 0.717) is 0 Å². The Morgan fingerprint density at radius 3 is 2.35 bits per heavy atom. The molecule has 102 valence electrons. The van der Waals surface area contributed by atoms with Crippen molar-refractivity contribution in [2.45, 2.75) is 13.8 Å². The van der Waals surface area contributed by atoms with Gasteiger partial charge < -0.3 is 0 Å². The minimum atomic E-state index is 0.0565. The van der Waals surface area contributed by atoms with Gasteiger partial charge in [-0.15, -0.1) is 0 Å². The van der Waals surface area contributed by atoms with Gasteiger partial charge in [0.05, 0.1) is 0 Å². The summed E-state index contributed by atoms with van der Waals surface area (Å²) in [7, 11) is 0. The van der Waals surface area contributed by atoms with E-state index in [2.05, 4.69) is 47.8 Å². The van der Waals surface area contributed by atoms with Crippen LogP contribution in [0.3, 0.4) is 0 Å². The molecule has 2 aromatic carbocycles. The van der Waals surface area contributed by atoms with E-state index in [1.54, 1.807) is 13.0 Å². The maximum atomic E-state index is 11.1. The van der Waals surface area contributed by atoms with Crippen LogP contribution in [0.5, 0.6) is 0 Å². The van der Waals surface area contributed by atoms with Crippen LogP contribution in [-0.2, 0) is 4.79 Å². The van der Waals surface area contributed by atoms with Crippen molar-refractivity contribution < 1.29 is 4.79 Å². The van der Waals surface area contributed by atoms with Crippen molar-refractivity contribution >= 4 is 35.4 Å². The van der Waals surface area contributed by atoms with Gasteiger partial charge in [0.1, 0.15) is 0 Å². The zero-order valence-corrected chi connectivity index (χ0v) is 13.3. The van der Waals surface area contributed by atoms with Gasteiger partial charge in [0.25, 0.3) is 0 Å². The first-order valence-electron chi connectivity index (χ1n) is 6.43. The quantitative estimate of drug-likeness (QED) is 0.673. The summed E-state index contributed by atoms with van der Waals surface area (Å²) < 4.78 is 2.62. The zero-order chi connectivity index (χ0) is 14.4. The molecule has 0 heterocycles.